The van der Waals surface area contributed by atoms with Gasteiger partial charge in [0.05, 0.1) is 0 Å². The minimum absolute atomic E-state index is 1.01. The van der Waals surface area contributed by atoms with E-state index in [9.17, 15) is 13.2 Å². The first kappa shape index (κ1) is 14.2. The summed E-state index contributed by atoms with van der Waals surface area (Å²) in [6.07, 6.45) is -1.90. The topological polar surface area (TPSA) is 110 Å². The maximum atomic E-state index is 11.4. The Hall–Kier alpha value is 0.160. The molecule has 0 aromatic carbocycles. The van der Waals surface area contributed by atoms with Crippen LogP contribution in [0.25, 0.3) is 0 Å². The highest BCUT2D eigenvalue weighted by Gasteiger charge is 2.45. The van der Waals surface area contributed by atoms with Gasteiger partial charge < -0.3 is 14.9 Å². The number of aliphatic hydroxyl groups is 2. The average molecular weight is 447 g/mol. The van der Waals surface area contributed by atoms with Crippen LogP contribution in [0.1, 0.15) is 0 Å². The SMILES string of the molecule is O=C1OC(OS(=O)(=O)C(Br)(Br)Br)C(O)=C1O. The normalized spacial score (nSPS) is 22.4. The summed E-state index contributed by atoms with van der Waals surface area (Å²) in [5.41, 5.74) is 0. The van der Waals surface area contributed by atoms with Crippen LogP contribution < -0.4 is 0 Å². The summed E-state index contributed by atoms with van der Waals surface area (Å²) < 4.78 is 29.6. The second kappa shape index (κ2) is 4.44. The second-order valence-corrected chi connectivity index (χ2v) is 12.5. The fourth-order valence-corrected chi connectivity index (χ4v) is 1.82. The van der Waals surface area contributed by atoms with Gasteiger partial charge in [0.1, 0.15) is 0 Å². The molecule has 1 unspecified atom stereocenters. The van der Waals surface area contributed by atoms with Crippen molar-refractivity contribution in [3.63, 3.8) is 0 Å². The number of cyclic esters (lactones) is 1. The van der Waals surface area contributed by atoms with Crippen molar-refractivity contribution in [2.75, 3.05) is 0 Å². The van der Waals surface area contributed by atoms with Crippen molar-refractivity contribution in [3.05, 3.63) is 11.5 Å². The molecule has 0 bridgehead atoms. The minimum atomic E-state index is -4.29. The zero-order valence-corrected chi connectivity index (χ0v) is 12.6. The molecule has 0 aliphatic carbocycles. The van der Waals surface area contributed by atoms with E-state index in [-0.39, 0.29) is 0 Å². The first-order valence-electron chi connectivity index (χ1n) is 3.39. The van der Waals surface area contributed by atoms with Crippen LogP contribution >= 0.6 is 47.8 Å². The minimum Gasteiger partial charge on any atom is -0.503 e. The lowest BCUT2D eigenvalue weighted by Gasteiger charge is -2.16. The Morgan fingerprint density at radius 2 is 1.81 bits per heavy atom. The molecule has 1 heterocycles. The van der Waals surface area contributed by atoms with Crippen molar-refractivity contribution in [3.8, 4) is 0 Å². The van der Waals surface area contributed by atoms with Crippen LogP contribution in [-0.4, -0.2) is 32.4 Å². The Labute approximate surface area is 115 Å². The molecule has 11 heteroatoms. The van der Waals surface area contributed by atoms with E-state index < -0.39 is 35.4 Å². The van der Waals surface area contributed by atoms with Crippen LogP contribution in [0.3, 0.4) is 0 Å². The number of esters is 1. The highest BCUT2D eigenvalue weighted by atomic mass is 80.0. The third kappa shape index (κ3) is 2.70. The van der Waals surface area contributed by atoms with Gasteiger partial charge in [-0.15, -0.1) is 0 Å². The molecule has 0 aromatic heterocycles. The molecule has 2 N–H and O–H groups in total. The fraction of sp³-hybridized carbons (Fsp3) is 0.400. The number of rotatable bonds is 2. The Bertz CT molecular complexity index is 447. The van der Waals surface area contributed by atoms with Gasteiger partial charge in [0.15, 0.2) is 0 Å². The molecule has 0 saturated carbocycles. The maximum Gasteiger partial charge on any atom is 0.380 e. The van der Waals surface area contributed by atoms with Crippen molar-refractivity contribution in [2.45, 2.75) is 7.76 Å². The third-order valence-electron chi connectivity index (χ3n) is 1.37. The molecule has 0 spiro atoms. The summed E-state index contributed by atoms with van der Waals surface area (Å²) in [7, 11) is -4.29. The van der Waals surface area contributed by atoms with Crippen LogP contribution in [-0.2, 0) is 23.8 Å². The molecule has 0 amide bonds. The van der Waals surface area contributed by atoms with E-state index in [1.54, 1.807) is 0 Å². The molecule has 1 aliphatic heterocycles. The fourth-order valence-electron chi connectivity index (χ4n) is 0.660. The number of carbonyl (C=O) groups is 1. The zero-order chi connectivity index (χ0) is 12.7. The van der Waals surface area contributed by atoms with Crippen LogP contribution in [0.15, 0.2) is 11.5 Å². The Morgan fingerprint density at radius 1 is 1.31 bits per heavy atom. The summed E-state index contributed by atoms with van der Waals surface area (Å²) >= 11 is 8.03. The van der Waals surface area contributed by atoms with Gasteiger partial charge in [-0.25, -0.2) is 8.98 Å². The Balaban J connectivity index is 2.91. The Kier molecular flexibility index (Phi) is 3.95. The number of carbonyl (C=O) groups excluding carboxylic acids is 1. The van der Waals surface area contributed by atoms with E-state index in [0.717, 1.165) is 0 Å². The maximum absolute atomic E-state index is 11.4. The van der Waals surface area contributed by atoms with Gasteiger partial charge in [-0.1, -0.05) is 0 Å². The van der Waals surface area contributed by atoms with Crippen molar-refractivity contribution < 1.29 is 32.3 Å². The van der Waals surface area contributed by atoms with Gasteiger partial charge >= 0.3 is 16.1 Å². The number of alkyl halides is 3. The average Bonchev–Trinajstić information content (AvgIpc) is 2.31. The van der Waals surface area contributed by atoms with E-state index >= 15 is 0 Å². The van der Waals surface area contributed by atoms with E-state index in [0.29, 0.717) is 0 Å². The molecule has 0 aromatic rings. The molecule has 1 aliphatic rings. The highest BCUT2D eigenvalue weighted by Crippen LogP contribution is 2.41. The standard InChI is InChI=1S/C5H3Br3O7S/c6-5(7,8)16(12,13)15-4-2(10)1(9)3(11)14-4/h4,9-10H. The van der Waals surface area contributed by atoms with Gasteiger partial charge in [0, 0.05) is 0 Å². The Morgan fingerprint density at radius 3 is 2.12 bits per heavy atom. The molecule has 0 radical (unpaired) electrons. The first-order valence-corrected chi connectivity index (χ1v) is 7.17. The van der Waals surface area contributed by atoms with Crippen LogP contribution in [0.2, 0.25) is 0 Å². The van der Waals surface area contributed by atoms with E-state index in [4.69, 9.17) is 10.2 Å². The van der Waals surface area contributed by atoms with Gasteiger partial charge in [0.2, 0.25) is 11.5 Å². The van der Waals surface area contributed by atoms with Gasteiger partial charge in [0.25, 0.3) is 7.76 Å². The van der Waals surface area contributed by atoms with Crippen LogP contribution in [0.4, 0.5) is 0 Å². The summed E-state index contributed by atoms with van der Waals surface area (Å²) in [6, 6.07) is 0. The molecule has 92 valence electrons. The quantitative estimate of drug-likeness (QED) is 0.374. The van der Waals surface area contributed by atoms with E-state index in [1.807, 2.05) is 0 Å². The van der Waals surface area contributed by atoms with Crippen molar-refractivity contribution in [1.29, 1.82) is 0 Å². The monoisotopic (exact) mass is 444 g/mol. The number of hydrogen-bond donors (Lipinski definition) is 2. The number of halogens is 3. The summed E-state index contributed by atoms with van der Waals surface area (Å²) in [6.45, 7) is 0. The summed E-state index contributed by atoms with van der Waals surface area (Å²) in [5.74, 6) is -3.38. The molecule has 1 rings (SSSR count). The number of ether oxygens (including phenoxy) is 1. The summed E-state index contributed by atoms with van der Waals surface area (Å²) in [4.78, 5) is 10.7. The van der Waals surface area contributed by atoms with Crippen molar-refractivity contribution >= 4 is 63.9 Å². The molecule has 1 atom stereocenters. The van der Waals surface area contributed by atoms with Gasteiger partial charge in [-0.2, -0.15) is 8.42 Å². The van der Waals surface area contributed by atoms with Crippen molar-refractivity contribution in [2.24, 2.45) is 0 Å². The molecule has 0 fully saturated rings. The van der Waals surface area contributed by atoms with Gasteiger partial charge in [-0.05, 0) is 47.8 Å². The van der Waals surface area contributed by atoms with E-state index in [2.05, 4.69) is 56.7 Å². The molecular formula is C5H3Br3O7S. The van der Waals surface area contributed by atoms with Crippen molar-refractivity contribution in [1.82, 2.24) is 0 Å². The third-order valence-corrected chi connectivity index (χ3v) is 5.93. The largest absolute Gasteiger partial charge is 0.503 e. The molecule has 0 saturated heterocycles. The van der Waals surface area contributed by atoms with E-state index in [1.165, 1.54) is 0 Å². The zero-order valence-electron chi connectivity index (χ0n) is 7.06. The molecule has 7 nitrogen and oxygen atoms in total. The second-order valence-electron chi connectivity index (χ2n) is 2.47. The predicted molar refractivity (Wildman–Crippen MR) is 61.7 cm³/mol. The summed E-state index contributed by atoms with van der Waals surface area (Å²) in [5, 5.41) is 18.0. The number of aliphatic hydroxyl groups excluding tert-OH is 2. The smallest absolute Gasteiger partial charge is 0.380 e. The van der Waals surface area contributed by atoms with Crippen LogP contribution in [0.5, 0.6) is 0 Å². The highest BCUT2D eigenvalue weighted by molar-refractivity contribution is 9.42. The molecular weight excluding hydrogens is 444 g/mol. The lowest BCUT2D eigenvalue weighted by Crippen LogP contribution is -2.28. The predicted octanol–water partition coefficient (Wildman–Crippen LogP) is 1.34. The molecule has 16 heavy (non-hydrogen) atoms. The lowest BCUT2D eigenvalue weighted by molar-refractivity contribution is -0.152. The first-order chi connectivity index (χ1) is 7.06. The lowest BCUT2D eigenvalue weighted by atomic mass is 10.4. The van der Waals surface area contributed by atoms with Crippen LogP contribution in [0, 0.1) is 0 Å². The van der Waals surface area contributed by atoms with Gasteiger partial charge in [-0.3, -0.25) is 0 Å². The number of hydrogen-bond acceptors (Lipinski definition) is 7.